The third kappa shape index (κ3) is 8.36. The van der Waals surface area contributed by atoms with Gasteiger partial charge in [0.05, 0.1) is 13.2 Å². The Labute approximate surface area is 158 Å². The summed E-state index contributed by atoms with van der Waals surface area (Å²) in [7, 11) is 1.71. The summed E-state index contributed by atoms with van der Waals surface area (Å²) in [5.41, 5.74) is -0.480. The lowest BCUT2D eigenvalue weighted by Crippen LogP contribution is -2.53. The quantitative estimate of drug-likeness (QED) is 0.384. The Hall–Kier alpha value is -1.34. The minimum Gasteiger partial charge on any atom is -0.459 e. The first kappa shape index (κ1) is 22.7. The molecule has 0 aromatic carbocycles. The van der Waals surface area contributed by atoms with Gasteiger partial charge in [0.25, 0.3) is 0 Å². The van der Waals surface area contributed by atoms with Crippen molar-refractivity contribution in [3.63, 3.8) is 0 Å². The minimum absolute atomic E-state index is 0.101. The molecule has 1 atom stereocenters. The smallest absolute Gasteiger partial charge is 0.325 e. The maximum atomic E-state index is 11.9. The van der Waals surface area contributed by atoms with Crippen LogP contribution in [0.2, 0.25) is 0 Å². The number of carbonyl (C=O) groups is 1. The van der Waals surface area contributed by atoms with Gasteiger partial charge in [0.15, 0.2) is 5.96 Å². The Bertz CT molecular complexity index is 439. The molecule has 0 aromatic rings. The molecule has 0 spiro atoms. The Morgan fingerprint density at radius 1 is 1.19 bits per heavy atom. The highest BCUT2D eigenvalue weighted by molar-refractivity contribution is 5.84. The largest absolute Gasteiger partial charge is 0.459 e. The third-order valence-electron chi connectivity index (χ3n) is 4.63. The number of esters is 1. The Balaban J connectivity index is 2.57. The molecule has 0 aromatic heterocycles. The van der Waals surface area contributed by atoms with Crippen molar-refractivity contribution < 1.29 is 14.3 Å². The fourth-order valence-electron chi connectivity index (χ4n) is 3.29. The highest BCUT2D eigenvalue weighted by Crippen LogP contribution is 2.19. The average Bonchev–Trinajstić information content (AvgIpc) is 2.60. The molecule has 0 aliphatic carbocycles. The van der Waals surface area contributed by atoms with Crippen LogP contribution in [-0.4, -0.2) is 74.9 Å². The van der Waals surface area contributed by atoms with Crippen LogP contribution in [0.3, 0.4) is 0 Å². The SMILES string of the molecule is CCC(CC)C(CNC(=NC)NCC(=O)OC(C)(C)C)N1CCOCC1. The maximum Gasteiger partial charge on any atom is 0.325 e. The standard InChI is InChI=1S/C19H38N4O3/c1-7-15(8-2)16(23-9-11-25-12-10-23)13-21-18(20-6)22-14-17(24)26-19(3,4)5/h15-16H,7-14H2,1-6H3,(H2,20,21,22). The lowest BCUT2D eigenvalue weighted by atomic mass is 9.92. The van der Waals surface area contributed by atoms with Gasteiger partial charge in [-0.2, -0.15) is 0 Å². The highest BCUT2D eigenvalue weighted by Gasteiger charge is 2.27. The van der Waals surface area contributed by atoms with Gasteiger partial charge in [-0.05, 0) is 26.7 Å². The number of rotatable bonds is 8. The summed E-state index contributed by atoms with van der Waals surface area (Å²) in [5.74, 6) is 0.954. The first-order valence-electron chi connectivity index (χ1n) is 9.78. The van der Waals surface area contributed by atoms with Crippen LogP contribution in [0.1, 0.15) is 47.5 Å². The molecule has 0 radical (unpaired) electrons. The summed E-state index contributed by atoms with van der Waals surface area (Å²) in [6, 6.07) is 0.425. The summed E-state index contributed by atoms with van der Waals surface area (Å²) in [6.45, 7) is 14.5. The molecule has 1 saturated heterocycles. The van der Waals surface area contributed by atoms with Gasteiger partial charge in [-0.3, -0.25) is 14.7 Å². The number of hydrogen-bond acceptors (Lipinski definition) is 5. The van der Waals surface area contributed by atoms with Crippen LogP contribution >= 0.6 is 0 Å². The van der Waals surface area contributed by atoms with Gasteiger partial charge in [-0.1, -0.05) is 26.7 Å². The fraction of sp³-hybridized carbons (Fsp3) is 0.895. The lowest BCUT2D eigenvalue weighted by molar-refractivity contribution is -0.153. The van der Waals surface area contributed by atoms with Crippen LogP contribution in [0.15, 0.2) is 4.99 Å². The normalized spacial score (nSPS) is 17.9. The highest BCUT2D eigenvalue weighted by atomic mass is 16.6. The van der Waals surface area contributed by atoms with E-state index < -0.39 is 5.60 Å². The average molecular weight is 371 g/mol. The van der Waals surface area contributed by atoms with Crippen molar-refractivity contribution in [3.05, 3.63) is 0 Å². The zero-order chi connectivity index (χ0) is 19.6. The van der Waals surface area contributed by atoms with Crippen LogP contribution in [-0.2, 0) is 14.3 Å². The van der Waals surface area contributed by atoms with Crippen molar-refractivity contribution in [1.82, 2.24) is 15.5 Å². The molecule has 26 heavy (non-hydrogen) atoms. The van der Waals surface area contributed by atoms with Gasteiger partial charge in [0, 0.05) is 32.7 Å². The van der Waals surface area contributed by atoms with E-state index in [4.69, 9.17) is 9.47 Å². The molecule has 1 unspecified atom stereocenters. The van der Waals surface area contributed by atoms with Gasteiger partial charge in [0.1, 0.15) is 12.1 Å². The van der Waals surface area contributed by atoms with E-state index in [-0.39, 0.29) is 12.5 Å². The molecule has 2 N–H and O–H groups in total. The van der Waals surface area contributed by atoms with Gasteiger partial charge >= 0.3 is 5.97 Å². The molecule has 7 heteroatoms. The van der Waals surface area contributed by atoms with Crippen molar-refractivity contribution in [2.45, 2.75) is 59.1 Å². The first-order valence-corrected chi connectivity index (χ1v) is 9.78. The monoisotopic (exact) mass is 370 g/mol. The molecule has 0 amide bonds. The molecule has 1 aliphatic rings. The topological polar surface area (TPSA) is 75.2 Å². The predicted octanol–water partition coefficient (Wildman–Crippen LogP) is 1.63. The van der Waals surface area contributed by atoms with E-state index in [0.717, 1.165) is 45.7 Å². The maximum absolute atomic E-state index is 11.9. The van der Waals surface area contributed by atoms with Crippen molar-refractivity contribution in [2.24, 2.45) is 10.9 Å². The summed E-state index contributed by atoms with van der Waals surface area (Å²) < 4.78 is 10.8. The first-order chi connectivity index (χ1) is 12.3. The number of nitrogens with one attached hydrogen (secondary N) is 2. The number of ether oxygens (including phenoxy) is 2. The van der Waals surface area contributed by atoms with E-state index in [2.05, 4.69) is 34.4 Å². The predicted molar refractivity (Wildman–Crippen MR) is 105 cm³/mol. The molecule has 152 valence electrons. The number of nitrogens with zero attached hydrogens (tertiary/aromatic N) is 2. The summed E-state index contributed by atoms with van der Waals surface area (Å²) in [5, 5.41) is 6.43. The van der Waals surface area contributed by atoms with Crippen molar-refractivity contribution >= 4 is 11.9 Å². The molecule has 7 nitrogen and oxygen atoms in total. The van der Waals surface area contributed by atoms with Gasteiger partial charge in [0.2, 0.25) is 0 Å². The summed E-state index contributed by atoms with van der Waals surface area (Å²) >= 11 is 0. The van der Waals surface area contributed by atoms with Crippen molar-refractivity contribution in [3.8, 4) is 0 Å². The Morgan fingerprint density at radius 2 is 1.81 bits per heavy atom. The van der Waals surface area contributed by atoms with Crippen LogP contribution in [0.5, 0.6) is 0 Å². The van der Waals surface area contributed by atoms with E-state index >= 15 is 0 Å². The zero-order valence-electron chi connectivity index (χ0n) is 17.4. The molecule has 1 fully saturated rings. The van der Waals surface area contributed by atoms with Crippen LogP contribution in [0, 0.1) is 5.92 Å². The van der Waals surface area contributed by atoms with E-state index in [1.807, 2.05) is 20.8 Å². The number of guanidine groups is 1. The van der Waals surface area contributed by atoms with Gasteiger partial charge < -0.3 is 20.1 Å². The summed E-state index contributed by atoms with van der Waals surface area (Å²) in [4.78, 5) is 18.6. The Morgan fingerprint density at radius 3 is 2.31 bits per heavy atom. The Kier molecular flexibility index (Phi) is 9.94. The van der Waals surface area contributed by atoms with E-state index in [9.17, 15) is 4.79 Å². The van der Waals surface area contributed by atoms with E-state index in [1.54, 1.807) is 7.05 Å². The van der Waals surface area contributed by atoms with Crippen LogP contribution in [0.4, 0.5) is 0 Å². The van der Waals surface area contributed by atoms with Crippen molar-refractivity contribution in [1.29, 1.82) is 0 Å². The molecular weight excluding hydrogens is 332 g/mol. The second-order valence-corrected chi connectivity index (χ2v) is 7.69. The minimum atomic E-state index is -0.480. The fourth-order valence-corrected chi connectivity index (χ4v) is 3.29. The zero-order valence-corrected chi connectivity index (χ0v) is 17.4. The second kappa shape index (κ2) is 11.4. The number of carbonyl (C=O) groups excluding carboxylic acids is 1. The molecule has 1 heterocycles. The van der Waals surface area contributed by atoms with E-state index in [1.165, 1.54) is 0 Å². The molecule has 0 saturated carbocycles. The number of morpholine rings is 1. The van der Waals surface area contributed by atoms with Gasteiger partial charge in [-0.25, -0.2) is 0 Å². The number of aliphatic imine (C=N–C) groups is 1. The van der Waals surface area contributed by atoms with Crippen LogP contribution < -0.4 is 10.6 Å². The molecule has 1 aliphatic heterocycles. The van der Waals surface area contributed by atoms with Crippen molar-refractivity contribution in [2.75, 3.05) is 46.4 Å². The second-order valence-electron chi connectivity index (χ2n) is 7.69. The van der Waals surface area contributed by atoms with E-state index in [0.29, 0.717) is 17.9 Å². The summed E-state index contributed by atoms with van der Waals surface area (Å²) in [6.07, 6.45) is 2.29. The molecule has 1 rings (SSSR count). The lowest BCUT2D eigenvalue weighted by Gasteiger charge is -2.39. The molecular formula is C19H38N4O3. The van der Waals surface area contributed by atoms with Gasteiger partial charge in [-0.15, -0.1) is 0 Å². The third-order valence-corrected chi connectivity index (χ3v) is 4.63. The molecule has 0 bridgehead atoms. The number of hydrogen-bond donors (Lipinski definition) is 2. The van der Waals surface area contributed by atoms with Crippen LogP contribution in [0.25, 0.3) is 0 Å².